The summed E-state index contributed by atoms with van der Waals surface area (Å²) in [5.41, 5.74) is 5.39. The highest BCUT2D eigenvalue weighted by Crippen LogP contribution is 2.31. The third-order valence-electron chi connectivity index (χ3n) is 2.71. The molecule has 0 fully saturated rings. The highest BCUT2D eigenvalue weighted by atomic mass is 19.4. The van der Waals surface area contributed by atoms with Gasteiger partial charge >= 0.3 is 6.18 Å². The van der Waals surface area contributed by atoms with Gasteiger partial charge in [0.1, 0.15) is 5.76 Å². The zero-order valence-corrected chi connectivity index (χ0v) is 9.53. The number of hydrogen-bond donors (Lipinski definition) is 1. The Morgan fingerprint density at radius 2 is 1.83 bits per heavy atom. The average Bonchev–Trinajstić information content (AvgIpc) is 2.74. The van der Waals surface area contributed by atoms with Crippen LogP contribution in [-0.2, 0) is 6.18 Å². The molecule has 6 heteroatoms. The van der Waals surface area contributed by atoms with E-state index in [1.54, 1.807) is 0 Å². The summed E-state index contributed by atoms with van der Waals surface area (Å²) in [4.78, 5) is 3.75. The van der Waals surface area contributed by atoms with Crippen molar-refractivity contribution in [3.8, 4) is 0 Å². The van der Waals surface area contributed by atoms with Crippen LogP contribution in [0.25, 0.3) is 0 Å². The first-order valence-electron chi connectivity index (χ1n) is 5.26. The van der Waals surface area contributed by atoms with Gasteiger partial charge in [0.25, 0.3) is 6.01 Å². The molecule has 0 bridgehead atoms. The topological polar surface area (TPSA) is 52.0 Å². The van der Waals surface area contributed by atoms with Crippen LogP contribution in [0.1, 0.15) is 29.7 Å². The van der Waals surface area contributed by atoms with Crippen molar-refractivity contribution in [3.05, 3.63) is 47.3 Å². The molecule has 0 amide bonds. The first-order valence-corrected chi connectivity index (χ1v) is 5.26. The van der Waals surface area contributed by atoms with Crippen LogP contribution in [0.5, 0.6) is 0 Å². The fourth-order valence-corrected chi connectivity index (χ4v) is 1.63. The molecule has 96 valence electrons. The van der Waals surface area contributed by atoms with E-state index in [0.29, 0.717) is 11.3 Å². The van der Waals surface area contributed by atoms with E-state index >= 15 is 0 Å². The zero-order valence-electron chi connectivity index (χ0n) is 9.53. The second-order valence-corrected chi connectivity index (χ2v) is 3.94. The second-order valence-electron chi connectivity index (χ2n) is 3.94. The summed E-state index contributed by atoms with van der Waals surface area (Å²) in [6.07, 6.45) is -2.85. The van der Waals surface area contributed by atoms with Crippen molar-refractivity contribution >= 4 is 6.01 Å². The molecule has 0 aliphatic carbocycles. The van der Waals surface area contributed by atoms with Gasteiger partial charge in [0.2, 0.25) is 0 Å². The van der Waals surface area contributed by atoms with Crippen molar-refractivity contribution in [1.82, 2.24) is 4.98 Å². The molecule has 2 N–H and O–H groups in total. The van der Waals surface area contributed by atoms with Crippen molar-refractivity contribution in [3.63, 3.8) is 0 Å². The standard InChI is InChI=1S/C12H11F3N2O/c1-7(10-6-17-11(16)18-10)8-2-4-9(5-3-8)12(13,14)15/h2-7H,1H3,(H2,16,17). The lowest BCUT2D eigenvalue weighted by Gasteiger charge is -2.11. The summed E-state index contributed by atoms with van der Waals surface area (Å²) in [5.74, 6) is 0.323. The number of hydrogen-bond acceptors (Lipinski definition) is 3. The monoisotopic (exact) mass is 256 g/mol. The molecule has 0 saturated heterocycles. The lowest BCUT2D eigenvalue weighted by atomic mass is 9.98. The Morgan fingerprint density at radius 3 is 2.28 bits per heavy atom. The molecular weight excluding hydrogens is 245 g/mol. The third kappa shape index (κ3) is 2.47. The zero-order chi connectivity index (χ0) is 13.3. The molecule has 1 unspecified atom stereocenters. The average molecular weight is 256 g/mol. The maximum absolute atomic E-state index is 12.4. The summed E-state index contributed by atoms with van der Waals surface area (Å²) >= 11 is 0. The van der Waals surface area contributed by atoms with Crippen molar-refractivity contribution in [1.29, 1.82) is 0 Å². The first kappa shape index (κ1) is 12.5. The Bertz CT molecular complexity index is 531. The molecule has 0 spiro atoms. The normalized spacial score (nSPS) is 13.6. The Hall–Kier alpha value is -1.98. The number of oxazole rings is 1. The molecule has 1 aromatic carbocycles. The third-order valence-corrected chi connectivity index (χ3v) is 2.71. The maximum atomic E-state index is 12.4. The van der Waals surface area contributed by atoms with Gasteiger partial charge in [0.05, 0.1) is 11.8 Å². The summed E-state index contributed by atoms with van der Waals surface area (Å²) in [5, 5.41) is 0. The predicted octanol–water partition coefficient (Wildman–Crippen LogP) is 3.43. The van der Waals surface area contributed by atoms with Gasteiger partial charge in [-0.1, -0.05) is 19.1 Å². The fourth-order valence-electron chi connectivity index (χ4n) is 1.63. The minimum atomic E-state index is -4.32. The van der Waals surface area contributed by atoms with E-state index in [9.17, 15) is 13.2 Å². The lowest BCUT2D eigenvalue weighted by Crippen LogP contribution is -2.05. The molecule has 1 aromatic heterocycles. The molecule has 0 aliphatic rings. The van der Waals surface area contributed by atoms with Crippen LogP contribution in [0.4, 0.5) is 19.2 Å². The van der Waals surface area contributed by atoms with Gasteiger partial charge in [0, 0.05) is 5.92 Å². The van der Waals surface area contributed by atoms with Gasteiger partial charge in [-0.05, 0) is 17.7 Å². The fraction of sp³-hybridized carbons (Fsp3) is 0.250. The van der Waals surface area contributed by atoms with Gasteiger partial charge in [-0.2, -0.15) is 13.2 Å². The molecule has 2 aromatic rings. The Kier molecular flexibility index (Phi) is 3.02. The second kappa shape index (κ2) is 4.36. The minimum Gasteiger partial charge on any atom is -0.428 e. The van der Waals surface area contributed by atoms with Gasteiger partial charge < -0.3 is 10.2 Å². The van der Waals surface area contributed by atoms with E-state index in [2.05, 4.69) is 4.98 Å². The number of halogens is 3. The Balaban J connectivity index is 2.24. The van der Waals surface area contributed by atoms with Crippen LogP contribution in [0.15, 0.2) is 34.9 Å². The predicted molar refractivity (Wildman–Crippen MR) is 59.9 cm³/mol. The number of rotatable bonds is 2. The summed E-state index contributed by atoms with van der Waals surface area (Å²) in [6, 6.07) is 4.99. The maximum Gasteiger partial charge on any atom is 0.416 e. The SMILES string of the molecule is CC(c1ccc(C(F)(F)F)cc1)c1cnc(N)o1. The van der Waals surface area contributed by atoms with Gasteiger partial charge in [-0.15, -0.1) is 0 Å². The van der Waals surface area contributed by atoms with Crippen molar-refractivity contribution in [2.24, 2.45) is 0 Å². The molecule has 18 heavy (non-hydrogen) atoms. The van der Waals surface area contributed by atoms with E-state index in [-0.39, 0.29) is 11.9 Å². The van der Waals surface area contributed by atoms with E-state index in [4.69, 9.17) is 10.2 Å². The number of nitrogens with zero attached hydrogens (tertiary/aromatic N) is 1. The summed E-state index contributed by atoms with van der Waals surface area (Å²) in [6.45, 7) is 1.81. The van der Waals surface area contributed by atoms with E-state index in [1.165, 1.54) is 18.3 Å². The number of anilines is 1. The summed E-state index contributed by atoms with van der Waals surface area (Å²) < 4.78 is 42.3. The minimum absolute atomic E-state index is 0.0451. The van der Waals surface area contributed by atoms with Crippen molar-refractivity contribution in [2.45, 2.75) is 19.0 Å². The van der Waals surface area contributed by atoms with E-state index < -0.39 is 11.7 Å². The highest BCUT2D eigenvalue weighted by molar-refractivity contribution is 5.31. The largest absolute Gasteiger partial charge is 0.428 e. The van der Waals surface area contributed by atoms with E-state index in [0.717, 1.165) is 12.1 Å². The van der Waals surface area contributed by atoms with Gasteiger partial charge in [-0.3, -0.25) is 0 Å². The summed E-state index contributed by atoms with van der Waals surface area (Å²) in [7, 11) is 0. The first-order chi connectivity index (χ1) is 8.38. The molecule has 0 aliphatic heterocycles. The Labute approximate surface area is 101 Å². The molecule has 2 rings (SSSR count). The molecule has 1 heterocycles. The van der Waals surface area contributed by atoms with Crippen LogP contribution in [0, 0.1) is 0 Å². The van der Waals surface area contributed by atoms with Crippen LogP contribution >= 0.6 is 0 Å². The van der Waals surface area contributed by atoms with Crippen LogP contribution in [0.3, 0.4) is 0 Å². The smallest absolute Gasteiger partial charge is 0.416 e. The van der Waals surface area contributed by atoms with Gasteiger partial charge in [0.15, 0.2) is 0 Å². The number of alkyl halides is 3. The van der Waals surface area contributed by atoms with Crippen molar-refractivity contribution < 1.29 is 17.6 Å². The number of nitrogens with two attached hydrogens (primary N) is 1. The molecule has 1 atom stereocenters. The molecular formula is C12H11F3N2O. The molecule has 0 radical (unpaired) electrons. The van der Waals surface area contributed by atoms with E-state index in [1.807, 2.05) is 6.92 Å². The van der Waals surface area contributed by atoms with Crippen LogP contribution in [0.2, 0.25) is 0 Å². The highest BCUT2D eigenvalue weighted by Gasteiger charge is 2.30. The van der Waals surface area contributed by atoms with Crippen LogP contribution in [-0.4, -0.2) is 4.98 Å². The lowest BCUT2D eigenvalue weighted by molar-refractivity contribution is -0.137. The van der Waals surface area contributed by atoms with Gasteiger partial charge in [-0.25, -0.2) is 4.98 Å². The molecule has 0 saturated carbocycles. The number of nitrogen functional groups attached to an aromatic ring is 1. The van der Waals surface area contributed by atoms with Crippen LogP contribution < -0.4 is 5.73 Å². The number of benzene rings is 1. The number of aromatic nitrogens is 1. The Morgan fingerprint density at radius 1 is 1.22 bits per heavy atom. The quantitative estimate of drug-likeness (QED) is 0.895. The molecule has 3 nitrogen and oxygen atoms in total. The van der Waals surface area contributed by atoms with Crippen molar-refractivity contribution in [2.75, 3.05) is 5.73 Å².